The van der Waals surface area contributed by atoms with Gasteiger partial charge >= 0.3 is 0 Å². The maximum absolute atomic E-state index is 12.8. The molecule has 0 spiro atoms. The van der Waals surface area contributed by atoms with Gasteiger partial charge in [0.2, 0.25) is 0 Å². The highest BCUT2D eigenvalue weighted by molar-refractivity contribution is 5.78. The number of amides is 1. The number of hydrogen-bond donors (Lipinski definition) is 2. The molecule has 0 fully saturated rings. The summed E-state index contributed by atoms with van der Waals surface area (Å²) in [5.74, 6) is -0.0691. The third kappa shape index (κ3) is 5.71. The first-order valence-corrected chi connectivity index (χ1v) is 7.56. The maximum Gasteiger partial charge on any atom is 0.258 e. The van der Waals surface area contributed by atoms with Crippen LogP contribution in [0.2, 0.25) is 0 Å². The summed E-state index contributed by atoms with van der Waals surface area (Å²) >= 11 is 0. The van der Waals surface area contributed by atoms with Crippen molar-refractivity contribution in [2.75, 3.05) is 27.2 Å². The molecule has 0 bridgehead atoms. The lowest BCUT2D eigenvalue weighted by atomic mass is 10.1. The minimum absolute atomic E-state index is 0.0782. The Morgan fingerprint density at radius 3 is 2.39 bits per heavy atom. The third-order valence-corrected chi connectivity index (χ3v) is 3.33. The summed E-state index contributed by atoms with van der Waals surface area (Å²) in [6.07, 6.45) is 0. The monoisotopic (exact) mass is 317 g/mol. The number of carbonyl (C=O) groups is 1. The smallest absolute Gasteiger partial charge is 0.258 e. The van der Waals surface area contributed by atoms with Crippen molar-refractivity contribution in [2.24, 2.45) is 0 Å². The molecule has 0 saturated heterocycles. The van der Waals surface area contributed by atoms with Gasteiger partial charge in [-0.25, -0.2) is 4.39 Å². The molecular formula is C18H22FN2O2+. The van der Waals surface area contributed by atoms with Crippen molar-refractivity contribution >= 4 is 5.91 Å². The van der Waals surface area contributed by atoms with Gasteiger partial charge in [0.1, 0.15) is 24.2 Å². The highest BCUT2D eigenvalue weighted by atomic mass is 19.1. The van der Waals surface area contributed by atoms with Gasteiger partial charge in [0.15, 0.2) is 6.61 Å². The molecule has 0 aliphatic heterocycles. The van der Waals surface area contributed by atoms with Crippen molar-refractivity contribution in [1.29, 1.82) is 0 Å². The summed E-state index contributed by atoms with van der Waals surface area (Å²) in [5.41, 5.74) is 1.06. The van der Waals surface area contributed by atoms with E-state index in [1.807, 2.05) is 44.4 Å². The number of ether oxygens (including phenoxy) is 1. The molecule has 23 heavy (non-hydrogen) atoms. The Labute approximate surface area is 135 Å². The fraction of sp³-hybridized carbons (Fsp3) is 0.278. The number of halogens is 1. The van der Waals surface area contributed by atoms with E-state index in [9.17, 15) is 9.18 Å². The van der Waals surface area contributed by atoms with Gasteiger partial charge in [0.25, 0.3) is 5.91 Å². The topological polar surface area (TPSA) is 42.8 Å². The van der Waals surface area contributed by atoms with Crippen LogP contribution in [0.25, 0.3) is 0 Å². The second-order valence-corrected chi connectivity index (χ2v) is 5.68. The quantitative estimate of drug-likeness (QED) is 0.806. The zero-order valence-electron chi connectivity index (χ0n) is 13.4. The zero-order valence-corrected chi connectivity index (χ0v) is 13.4. The average Bonchev–Trinajstić information content (AvgIpc) is 2.54. The van der Waals surface area contributed by atoms with Crippen LogP contribution in [0.5, 0.6) is 5.75 Å². The molecule has 0 heterocycles. The Hall–Kier alpha value is -2.40. The number of carbonyl (C=O) groups excluding carboxylic acids is 1. The molecule has 4 nitrogen and oxygen atoms in total. The van der Waals surface area contributed by atoms with Gasteiger partial charge in [-0.1, -0.05) is 30.3 Å². The molecule has 2 N–H and O–H groups in total. The first-order valence-electron chi connectivity index (χ1n) is 7.56. The Morgan fingerprint density at radius 1 is 1.13 bits per heavy atom. The van der Waals surface area contributed by atoms with Crippen LogP contribution in [-0.2, 0) is 4.79 Å². The van der Waals surface area contributed by atoms with E-state index in [2.05, 4.69) is 5.32 Å². The molecule has 0 aliphatic carbocycles. The van der Waals surface area contributed by atoms with E-state index in [-0.39, 0.29) is 24.4 Å². The Bertz CT molecular complexity index is 615. The molecule has 0 aromatic heterocycles. The number of quaternary nitrogens is 1. The highest BCUT2D eigenvalue weighted by Crippen LogP contribution is 2.12. The molecule has 2 rings (SSSR count). The van der Waals surface area contributed by atoms with E-state index in [4.69, 9.17) is 4.74 Å². The van der Waals surface area contributed by atoms with Gasteiger partial charge in [0, 0.05) is 0 Å². The van der Waals surface area contributed by atoms with Gasteiger partial charge in [-0.15, -0.1) is 0 Å². The lowest BCUT2D eigenvalue weighted by Crippen LogP contribution is -3.06. The van der Waals surface area contributed by atoms with Crippen molar-refractivity contribution in [3.63, 3.8) is 0 Å². The summed E-state index contributed by atoms with van der Waals surface area (Å²) in [6.45, 7) is 0.671. The first-order chi connectivity index (χ1) is 11.0. The predicted molar refractivity (Wildman–Crippen MR) is 86.9 cm³/mol. The molecule has 0 saturated carbocycles. The van der Waals surface area contributed by atoms with E-state index >= 15 is 0 Å². The van der Waals surface area contributed by atoms with Crippen molar-refractivity contribution in [3.8, 4) is 5.75 Å². The number of nitrogens with one attached hydrogen (secondary N) is 2. The lowest BCUT2D eigenvalue weighted by molar-refractivity contribution is -0.860. The Morgan fingerprint density at radius 2 is 1.78 bits per heavy atom. The molecular weight excluding hydrogens is 295 g/mol. The van der Waals surface area contributed by atoms with Gasteiger partial charge in [0.05, 0.1) is 14.1 Å². The molecule has 1 amide bonds. The van der Waals surface area contributed by atoms with Gasteiger partial charge in [-0.05, 0) is 29.8 Å². The molecule has 0 aliphatic rings. The van der Waals surface area contributed by atoms with Gasteiger partial charge in [-0.3, -0.25) is 4.79 Å². The van der Waals surface area contributed by atoms with Crippen LogP contribution in [0.4, 0.5) is 4.39 Å². The second kappa shape index (κ2) is 8.29. The van der Waals surface area contributed by atoms with E-state index < -0.39 is 0 Å². The molecule has 122 valence electrons. The van der Waals surface area contributed by atoms with Gasteiger partial charge < -0.3 is 15.0 Å². The second-order valence-electron chi connectivity index (χ2n) is 5.68. The largest absolute Gasteiger partial charge is 0.484 e. The van der Waals surface area contributed by atoms with E-state index in [1.165, 1.54) is 29.2 Å². The van der Waals surface area contributed by atoms with E-state index in [1.54, 1.807) is 0 Å². The summed E-state index contributed by atoms with van der Waals surface area (Å²) in [4.78, 5) is 13.4. The number of rotatable bonds is 7. The normalized spacial score (nSPS) is 12.0. The fourth-order valence-electron chi connectivity index (χ4n) is 2.26. The van der Waals surface area contributed by atoms with E-state index in [0.717, 1.165) is 12.1 Å². The van der Waals surface area contributed by atoms with Crippen LogP contribution in [0.3, 0.4) is 0 Å². The van der Waals surface area contributed by atoms with Crippen LogP contribution in [0.1, 0.15) is 11.6 Å². The molecule has 0 radical (unpaired) electrons. The van der Waals surface area contributed by atoms with Crippen LogP contribution in [0.15, 0.2) is 54.6 Å². The highest BCUT2D eigenvalue weighted by Gasteiger charge is 2.17. The average molecular weight is 317 g/mol. The minimum Gasteiger partial charge on any atom is -0.484 e. The van der Waals surface area contributed by atoms with Crippen LogP contribution in [-0.4, -0.2) is 33.2 Å². The maximum atomic E-state index is 12.8. The van der Waals surface area contributed by atoms with Crippen LogP contribution >= 0.6 is 0 Å². The summed E-state index contributed by atoms with van der Waals surface area (Å²) < 4.78 is 18.2. The van der Waals surface area contributed by atoms with Crippen LogP contribution < -0.4 is 15.0 Å². The lowest BCUT2D eigenvalue weighted by Gasteiger charge is -2.21. The predicted octanol–water partition coefficient (Wildman–Crippen LogP) is 1.21. The van der Waals surface area contributed by atoms with Crippen molar-refractivity contribution in [2.45, 2.75) is 6.04 Å². The fourth-order valence-corrected chi connectivity index (χ4v) is 2.26. The third-order valence-electron chi connectivity index (χ3n) is 3.33. The SMILES string of the molecule is C[NH+](C)C[C@@H](NC(=O)COc1ccc(F)cc1)c1ccccc1. The minimum atomic E-state index is -0.333. The number of benzene rings is 2. The van der Waals surface area contributed by atoms with E-state index in [0.29, 0.717) is 5.75 Å². The van der Waals surface area contributed by atoms with Crippen molar-refractivity contribution < 1.29 is 18.8 Å². The molecule has 2 aromatic rings. The van der Waals surface area contributed by atoms with Crippen LogP contribution in [0, 0.1) is 5.82 Å². The Kier molecular flexibility index (Phi) is 6.11. The van der Waals surface area contributed by atoms with Crippen molar-refractivity contribution in [1.82, 2.24) is 5.32 Å². The first kappa shape index (κ1) is 17.0. The summed E-state index contributed by atoms with van der Waals surface area (Å²) in [7, 11) is 4.08. The molecule has 1 atom stereocenters. The number of hydrogen-bond acceptors (Lipinski definition) is 2. The van der Waals surface area contributed by atoms with Gasteiger partial charge in [-0.2, -0.15) is 0 Å². The Balaban J connectivity index is 1.93. The molecule has 0 unspecified atom stereocenters. The zero-order chi connectivity index (χ0) is 16.7. The standard InChI is InChI=1S/C18H21FN2O2/c1-21(2)12-17(14-6-4-3-5-7-14)20-18(22)13-23-16-10-8-15(19)9-11-16/h3-11,17H,12-13H2,1-2H3,(H,20,22)/p+1/t17-/m1/s1. The summed E-state index contributed by atoms with van der Waals surface area (Å²) in [5, 5.41) is 2.99. The molecule has 5 heteroatoms. The number of likely N-dealkylation sites (N-methyl/N-ethyl adjacent to an activating group) is 1. The van der Waals surface area contributed by atoms with Crippen molar-refractivity contribution in [3.05, 3.63) is 66.0 Å². The summed E-state index contributed by atoms with van der Waals surface area (Å²) in [6, 6.07) is 15.4. The molecule has 2 aromatic carbocycles.